The molecule has 0 saturated carbocycles. The summed E-state index contributed by atoms with van der Waals surface area (Å²) in [7, 11) is 1.90. The van der Waals surface area contributed by atoms with Crippen molar-refractivity contribution in [1.82, 2.24) is 4.90 Å². The van der Waals surface area contributed by atoms with Gasteiger partial charge in [-0.05, 0) is 25.1 Å². The number of nitrogens with one attached hydrogen (secondary N) is 1. The number of carbonyl (C=O) groups is 1. The Hall–Kier alpha value is -1.86. The summed E-state index contributed by atoms with van der Waals surface area (Å²) in [6.45, 7) is 0.619. The zero-order valence-electron chi connectivity index (χ0n) is 9.60. The third kappa shape index (κ3) is 1.23. The molecule has 0 aliphatic carbocycles. The Morgan fingerprint density at radius 2 is 2.35 bits per heavy atom. The standard InChI is InChI=1S/C13H13N3O.H2/c1-16-8-13(6-9(16)7-14)10-4-2-3-5-11(10)15-12(13)17;/h2-5,9H,6,8H2,1H3,(H,15,17);1H. The Bertz CT molecular complexity index is 539. The summed E-state index contributed by atoms with van der Waals surface area (Å²) in [5, 5.41) is 12.0. The van der Waals surface area contributed by atoms with Crippen LogP contribution in [0.2, 0.25) is 0 Å². The van der Waals surface area contributed by atoms with Crippen LogP contribution in [0.3, 0.4) is 0 Å². The van der Waals surface area contributed by atoms with E-state index in [0.717, 1.165) is 11.3 Å². The van der Waals surface area contributed by atoms with Crippen LogP contribution in [0.25, 0.3) is 0 Å². The molecule has 1 spiro atoms. The van der Waals surface area contributed by atoms with Gasteiger partial charge in [0.25, 0.3) is 0 Å². The highest BCUT2D eigenvalue weighted by Gasteiger charge is 2.53. The Morgan fingerprint density at radius 1 is 1.59 bits per heavy atom. The number of amides is 1. The molecule has 17 heavy (non-hydrogen) atoms. The van der Waals surface area contributed by atoms with Crippen LogP contribution in [-0.4, -0.2) is 30.4 Å². The van der Waals surface area contributed by atoms with Gasteiger partial charge in [0.05, 0.1) is 17.5 Å². The van der Waals surface area contributed by atoms with Gasteiger partial charge in [-0.25, -0.2) is 0 Å². The molecule has 0 aromatic heterocycles. The van der Waals surface area contributed by atoms with E-state index in [-0.39, 0.29) is 13.4 Å². The molecule has 3 rings (SSSR count). The fourth-order valence-corrected chi connectivity index (χ4v) is 2.96. The lowest BCUT2D eigenvalue weighted by Gasteiger charge is -2.20. The van der Waals surface area contributed by atoms with E-state index in [9.17, 15) is 4.79 Å². The van der Waals surface area contributed by atoms with Gasteiger partial charge in [-0.1, -0.05) is 18.2 Å². The average Bonchev–Trinajstić information content (AvgIpc) is 2.80. The summed E-state index contributed by atoms with van der Waals surface area (Å²) in [6, 6.07) is 9.85. The van der Waals surface area contributed by atoms with Gasteiger partial charge in [0.1, 0.15) is 0 Å². The van der Waals surface area contributed by atoms with Crippen molar-refractivity contribution in [1.29, 1.82) is 5.26 Å². The molecule has 4 heteroatoms. The van der Waals surface area contributed by atoms with Gasteiger partial charge in [0.15, 0.2) is 0 Å². The van der Waals surface area contributed by atoms with Gasteiger partial charge in [0, 0.05) is 13.7 Å². The Balaban J connectivity index is 0.00000120. The Morgan fingerprint density at radius 3 is 3.06 bits per heavy atom. The van der Waals surface area contributed by atoms with E-state index in [1.165, 1.54) is 0 Å². The number of rotatable bonds is 0. The minimum Gasteiger partial charge on any atom is -0.325 e. The van der Waals surface area contributed by atoms with Crippen molar-refractivity contribution in [2.45, 2.75) is 17.9 Å². The van der Waals surface area contributed by atoms with Crippen LogP contribution >= 0.6 is 0 Å². The molecule has 2 unspecified atom stereocenters. The van der Waals surface area contributed by atoms with Gasteiger partial charge in [-0.3, -0.25) is 9.69 Å². The maximum Gasteiger partial charge on any atom is 0.236 e. The van der Waals surface area contributed by atoms with Crippen molar-refractivity contribution in [3.63, 3.8) is 0 Å². The topological polar surface area (TPSA) is 56.1 Å². The van der Waals surface area contributed by atoms with Gasteiger partial charge < -0.3 is 5.32 Å². The lowest BCUT2D eigenvalue weighted by molar-refractivity contribution is -0.120. The van der Waals surface area contributed by atoms with Crippen molar-refractivity contribution in [2.24, 2.45) is 0 Å². The molecule has 1 amide bonds. The lowest BCUT2D eigenvalue weighted by atomic mass is 9.80. The molecule has 2 heterocycles. The highest BCUT2D eigenvalue weighted by atomic mass is 16.2. The third-order valence-corrected chi connectivity index (χ3v) is 3.87. The SMILES string of the molecule is CN1CC2(CC1C#N)C(=O)Nc1ccccc12.[HH]. The molecular weight excluding hydrogens is 214 g/mol. The molecule has 2 aliphatic heterocycles. The summed E-state index contributed by atoms with van der Waals surface area (Å²) in [4.78, 5) is 14.2. The first kappa shape index (κ1) is 10.3. The smallest absolute Gasteiger partial charge is 0.236 e. The van der Waals surface area contributed by atoms with E-state index in [2.05, 4.69) is 11.4 Å². The van der Waals surface area contributed by atoms with Gasteiger partial charge in [-0.2, -0.15) is 5.26 Å². The first-order valence-corrected chi connectivity index (χ1v) is 5.68. The van der Waals surface area contributed by atoms with E-state index in [1.54, 1.807) is 0 Å². The summed E-state index contributed by atoms with van der Waals surface area (Å²) >= 11 is 0. The summed E-state index contributed by atoms with van der Waals surface area (Å²) < 4.78 is 0. The van der Waals surface area contributed by atoms with E-state index < -0.39 is 5.41 Å². The summed E-state index contributed by atoms with van der Waals surface area (Å²) in [6.07, 6.45) is 0.586. The van der Waals surface area contributed by atoms with Gasteiger partial charge in [0.2, 0.25) is 5.91 Å². The molecule has 2 atom stereocenters. The number of benzene rings is 1. The molecule has 0 radical (unpaired) electrons. The minimum absolute atomic E-state index is 0. The third-order valence-electron chi connectivity index (χ3n) is 3.87. The number of para-hydroxylation sites is 1. The predicted molar refractivity (Wildman–Crippen MR) is 65.5 cm³/mol. The largest absolute Gasteiger partial charge is 0.325 e. The van der Waals surface area contributed by atoms with E-state index in [1.807, 2.05) is 36.2 Å². The molecule has 0 bridgehead atoms. The first-order valence-electron chi connectivity index (χ1n) is 5.68. The van der Waals surface area contributed by atoms with E-state index in [0.29, 0.717) is 13.0 Å². The number of likely N-dealkylation sites (tertiary alicyclic amines) is 1. The molecule has 1 saturated heterocycles. The van der Waals surface area contributed by atoms with Crippen LogP contribution in [0, 0.1) is 11.3 Å². The average molecular weight is 229 g/mol. The first-order chi connectivity index (χ1) is 8.17. The van der Waals surface area contributed by atoms with Crippen LogP contribution in [0.15, 0.2) is 24.3 Å². The number of anilines is 1. The van der Waals surface area contributed by atoms with Crippen LogP contribution in [0.1, 0.15) is 13.4 Å². The Labute approximate surface area is 101 Å². The lowest BCUT2D eigenvalue weighted by Crippen LogP contribution is -2.36. The number of nitriles is 1. The van der Waals surface area contributed by atoms with Crippen molar-refractivity contribution in [2.75, 3.05) is 18.9 Å². The van der Waals surface area contributed by atoms with Gasteiger partial charge >= 0.3 is 0 Å². The number of likely N-dealkylation sites (N-methyl/N-ethyl adjacent to an activating group) is 1. The van der Waals surface area contributed by atoms with Crippen LogP contribution in [-0.2, 0) is 10.2 Å². The van der Waals surface area contributed by atoms with Crippen molar-refractivity contribution >= 4 is 11.6 Å². The second kappa shape index (κ2) is 3.31. The van der Waals surface area contributed by atoms with Crippen molar-refractivity contribution < 1.29 is 6.22 Å². The number of fused-ring (bicyclic) bond motifs is 2. The molecule has 2 aliphatic rings. The van der Waals surface area contributed by atoms with Crippen molar-refractivity contribution in [3.8, 4) is 6.07 Å². The van der Waals surface area contributed by atoms with Crippen LogP contribution in [0.5, 0.6) is 0 Å². The monoisotopic (exact) mass is 229 g/mol. The molecule has 1 aromatic rings. The fraction of sp³-hybridized carbons (Fsp3) is 0.385. The predicted octanol–water partition coefficient (Wildman–Crippen LogP) is 1.35. The Kier molecular flexibility index (Phi) is 2.01. The van der Waals surface area contributed by atoms with Gasteiger partial charge in [-0.15, -0.1) is 0 Å². The molecule has 88 valence electrons. The molecule has 4 nitrogen and oxygen atoms in total. The number of hydrogen-bond donors (Lipinski definition) is 1. The highest BCUT2D eigenvalue weighted by Crippen LogP contribution is 2.45. The maximum absolute atomic E-state index is 12.2. The summed E-state index contributed by atoms with van der Waals surface area (Å²) in [5.74, 6) is 0.0308. The fourth-order valence-electron chi connectivity index (χ4n) is 2.96. The second-order valence-corrected chi connectivity index (χ2v) is 4.85. The quantitative estimate of drug-likeness (QED) is 0.730. The number of carbonyl (C=O) groups excluding carboxylic acids is 1. The highest BCUT2D eigenvalue weighted by molar-refractivity contribution is 6.06. The molecule has 1 N–H and O–H groups in total. The zero-order valence-corrected chi connectivity index (χ0v) is 9.60. The second-order valence-electron chi connectivity index (χ2n) is 4.85. The van der Waals surface area contributed by atoms with Crippen LogP contribution < -0.4 is 5.32 Å². The summed E-state index contributed by atoms with van der Waals surface area (Å²) in [5.41, 5.74) is 1.41. The normalized spacial score (nSPS) is 31.3. The molecule has 1 aromatic carbocycles. The van der Waals surface area contributed by atoms with E-state index in [4.69, 9.17) is 5.26 Å². The molecule has 1 fully saturated rings. The molecular formula is C13H15N3O. The minimum atomic E-state index is -0.522. The van der Waals surface area contributed by atoms with Crippen LogP contribution in [0.4, 0.5) is 5.69 Å². The number of nitrogens with zero attached hydrogens (tertiary/aromatic N) is 2. The maximum atomic E-state index is 12.2. The van der Waals surface area contributed by atoms with Crippen molar-refractivity contribution in [3.05, 3.63) is 29.8 Å². The number of hydrogen-bond acceptors (Lipinski definition) is 3. The van der Waals surface area contributed by atoms with E-state index >= 15 is 0 Å². The zero-order chi connectivity index (χ0) is 12.0.